The van der Waals surface area contributed by atoms with Crippen molar-refractivity contribution in [1.82, 2.24) is 15.5 Å². The molecule has 1 amide bonds. The molecule has 1 aliphatic heterocycles. The van der Waals surface area contributed by atoms with Crippen LogP contribution in [-0.4, -0.2) is 54.1 Å². The van der Waals surface area contributed by atoms with Crippen molar-refractivity contribution in [2.45, 2.75) is 98.6 Å². The largest absolute Gasteiger partial charge is 0.311 e. The Hall–Kier alpha value is -2.35. The van der Waals surface area contributed by atoms with Crippen LogP contribution in [0, 0.1) is 11.3 Å². The number of carbonyl (C=O) groups excluding carboxylic acids is 1. The van der Waals surface area contributed by atoms with Crippen molar-refractivity contribution >= 4 is 18.1 Å². The highest BCUT2D eigenvalue weighted by atomic mass is 19.3. The topological polar surface area (TPSA) is 69.1 Å². The first kappa shape index (κ1) is 29.9. The zero-order valence-electron chi connectivity index (χ0n) is 23.1. The van der Waals surface area contributed by atoms with Crippen molar-refractivity contribution < 1.29 is 13.6 Å². The van der Waals surface area contributed by atoms with Crippen molar-refractivity contribution in [1.29, 1.82) is 0 Å². The molecule has 2 N–H and O–H groups in total. The Morgan fingerprint density at radius 1 is 1.28 bits per heavy atom. The van der Waals surface area contributed by atoms with Crippen LogP contribution in [0.15, 0.2) is 45.7 Å². The summed E-state index contributed by atoms with van der Waals surface area (Å²) in [5.41, 5.74) is 0.453. The average molecular weight is 506 g/mol. The summed E-state index contributed by atoms with van der Waals surface area (Å²) >= 11 is 0. The van der Waals surface area contributed by atoms with Gasteiger partial charge in [-0.15, -0.1) is 0 Å². The van der Waals surface area contributed by atoms with Gasteiger partial charge in [0.1, 0.15) is 5.82 Å². The number of nitrogens with one attached hydrogen (secondary N) is 2. The maximum Gasteiger partial charge on any atom is 0.251 e. The van der Waals surface area contributed by atoms with Gasteiger partial charge in [-0.1, -0.05) is 52.3 Å². The number of guanidine groups is 1. The van der Waals surface area contributed by atoms with E-state index in [2.05, 4.69) is 47.5 Å². The molecule has 36 heavy (non-hydrogen) atoms. The molecule has 1 saturated carbocycles. The maximum atomic E-state index is 13.3. The number of amides is 1. The summed E-state index contributed by atoms with van der Waals surface area (Å²) in [5.74, 6) is -0.939. The lowest BCUT2D eigenvalue weighted by atomic mass is 9.88. The molecule has 8 heteroatoms. The van der Waals surface area contributed by atoms with Crippen LogP contribution in [0.2, 0.25) is 0 Å². The molecule has 0 aromatic rings. The van der Waals surface area contributed by atoms with Gasteiger partial charge in [-0.25, -0.2) is 18.8 Å². The molecule has 1 unspecified atom stereocenters. The Labute approximate surface area is 216 Å². The molecule has 1 fully saturated rings. The first-order valence-corrected chi connectivity index (χ1v) is 13.3. The predicted octanol–water partition coefficient (Wildman–Crippen LogP) is 5.84. The standard InChI is InChI=1S/C28H45F2N5O/c1-8-12-21(19-33-22-16-28(29,30)17-22)14-11-15-32-26(31-10-3)34-24-18-27(6,7)25(36)35(24)23(13-9-2)20(4)5/h10-12,14,18,20,22-23,33H,8-9,13,15-17,19H2,1-7H3,(H,32,34)/b14-11-,21-12+,31-10-. The van der Waals surface area contributed by atoms with Crippen LogP contribution in [0.25, 0.3) is 0 Å². The number of nitrogens with zero attached hydrogens (tertiary/aromatic N) is 3. The second kappa shape index (κ2) is 13.3. The second-order valence-electron chi connectivity index (χ2n) is 10.6. The lowest BCUT2D eigenvalue weighted by Crippen LogP contribution is -2.48. The molecule has 2 aliphatic rings. The molecule has 2 rings (SSSR count). The third-order valence-electron chi connectivity index (χ3n) is 6.53. The van der Waals surface area contributed by atoms with Crippen LogP contribution in [0.5, 0.6) is 0 Å². The van der Waals surface area contributed by atoms with Crippen molar-refractivity contribution in [2.24, 2.45) is 21.3 Å². The third kappa shape index (κ3) is 8.36. The van der Waals surface area contributed by atoms with E-state index in [0.29, 0.717) is 25.0 Å². The zero-order valence-corrected chi connectivity index (χ0v) is 23.1. The first-order chi connectivity index (χ1) is 16.9. The van der Waals surface area contributed by atoms with Crippen molar-refractivity contribution in [3.8, 4) is 0 Å². The lowest BCUT2D eigenvalue weighted by molar-refractivity contribution is -0.136. The molecule has 0 bridgehead atoms. The van der Waals surface area contributed by atoms with Crippen LogP contribution in [-0.2, 0) is 4.79 Å². The van der Waals surface area contributed by atoms with E-state index in [1.807, 2.05) is 50.8 Å². The SMILES string of the molecule is C/C=N\C(=NC/C=C\C(=C/CC)CNC1CC(F)(F)C1)NC1=CC(C)(C)C(=O)N1C(CCC)C(C)C. The Kier molecular flexibility index (Phi) is 11.0. The minimum Gasteiger partial charge on any atom is -0.311 e. The minimum atomic E-state index is -2.52. The highest BCUT2D eigenvalue weighted by Crippen LogP contribution is 2.37. The molecule has 1 atom stereocenters. The molecule has 0 saturated heterocycles. The molecule has 1 aliphatic carbocycles. The number of hydrogen-bond donors (Lipinski definition) is 2. The van der Waals surface area contributed by atoms with Crippen LogP contribution >= 0.6 is 0 Å². The fraction of sp³-hybridized carbons (Fsp3) is 0.679. The molecule has 202 valence electrons. The molecule has 0 aromatic heterocycles. The van der Waals surface area contributed by atoms with E-state index in [-0.39, 0.29) is 30.8 Å². The number of rotatable bonds is 12. The Bertz CT molecular complexity index is 894. The number of hydrogen-bond acceptors (Lipinski definition) is 3. The summed E-state index contributed by atoms with van der Waals surface area (Å²) in [5, 5.41) is 6.52. The van der Waals surface area contributed by atoms with Gasteiger partial charge in [0.2, 0.25) is 11.9 Å². The number of carbonyl (C=O) groups is 1. The second-order valence-corrected chi connectivity index (χ2v) is 10.6. The van der Waals surface area contributed by atoms with Crippen LogP contribution in [0.3, 0.4) is 0 Å². The summed E-state index contributed by atoms with van der Waals surface area (Å²) in [6.45, 7) is 15.1. The monoisotopic (exact) mass is 505 g/mol. The molecule has 0 spiro atoms. The third-order valence-corrected chi connectivity index (χ3v) is 6.53. The van der Waals surface area contributed by atoms with Gasteiger partial charge in [0, 0.05) is 37.7 Å². The van der Waals surface area contributed by atoms with Gasteiger partial charge in [0.25, 0.3) is 5.92 Å². The van der Waals surface area contributed by atoms with Gasteiger partial charge in [-0.05, 0) is 51.2 Å². The predicted molar refractivity (Wildman–Crippen MR) is 145 cm³/mol. The van der Waals surface area contributed by atoms with Gasteiger partial charge in [-0.3, -0.25) is 9.69 Å². The first-order valence-electron chi connectivity index (χ1n) is 13.3. The van der Waals surface area contributed by atoms with E-state index >= 15 is 0 Å². The number of halogens is 2. The maximum absolute atomic E-state index is 13.3. The number of aliphatic imine (C=N–C) groups is 2. The van der Waals surface area contributed by atoms with E-state index in [4.69, 9.17) is 0 Å². The van der Waals surface area contributed by atoms with Crippen LogP contribution < -0.4 is 10.6 Å². The Morgan fingerprint density at radius 2 is 1.97 bits per heavy atom. The van der Waals surface area contributed by atoms with Gasteiger partial charge >= 0.3 is 0 Å². The fourth-order valence-electron chi connectivity index (χ4n) is 4.60. The lowest BCUT2D eigenvalue weighted by Gasteiger charge is -2.35. The van der Waals surface area contributed by atoms with Gasteiger partial charge in [-0.2, -0.15) is 0 Å². The number of allylic oxidation sites excluding steroid dienone is 1. The van der Waals surface area contributed by atoms with E-state index in [9.17, 15) is 13.6 Å². The van der Waals surface area contributed by atoms with Crippen molar-refractivity contribution in [3.63, 3.8) is 0 Å². The minimum absolute atomic E-state index is 0.0861. The quantitative estimate of drug-likeness (QED) is 0.199. The molecule has 0 radical (unpaired) electrons. The van der Waals surface area contributed by atoms with E-state index in [1.54, 1.807) is 6.21 Å². The van der Waals surface area contributed by atoms with E-state index in [0.717, 1.165) is 30.7 Å². The Balaban J connectivity index is 2.09. The van der Waals surface area contributed by atoms with Crippen molar-refractivity contribution in [3.05, 3.63) is 35.7 Å². The van der Waals surface area contributed by atoms with Gasteiger partial charge in [0.15, 0.2) is 0 Å². The smallest absolute Gasteiger partial charge is 0.251 e. The normalized spacial score (nSPS) is 21.6. The van der Waals surface area contributed by atoms with Gasteiger partial charge < -0.3 is 10.6 Å². The number of alkyl halides is 2. The Morgan fingerprint density at radius 3 is 2.53 bits per heavy atom. The van der Waals surface area contributed by atoms with E-state index in [1.165, 1.54) is 0 Å². The van der Waals surface area contributed by atoms with Gasteiger partial charge in [0.05, 0.1) is 12.0 Å². The van der Waals surface area contributed by atoms with E-state index < -0.39 is 11.3 Å². The summed E-state index contributed by atoms with van der Waals surface area (Å²) in [7, 11) is 0. The summed E-state index contributed by atoms with van der Waals surface area (Å²) in [6.07, 6.45) is 12.2. The molecule has 6 nitrogen and oxygen atoms in total. The fourth-order valence-corrected chi connectivity index (χ4v) is 4.60. The molecular formula is C28H45F2N5O. The summed E-state index contributed by atoms with van der Waals surface area (Å²) < 4.78 is 26.2. The highest BCUT2D eigenvalue weighted by Gasteiger charge is 2.45. The highest BCUT2D eigenvalue weighted by molar-refractivity contribution is 5.93. The van der Waals surface area contributed by atoms with Crippen LogP contribution in [0.4, 0.5) is 8.78 Å². The summed E-state index contributed by atoms with van der Waals surface area (Å²) in [4.78, 5) is 24.1. The van der Waals surface area contributed by atoms with Crippen molar-refractivity contribution in [2.75, 3.05) is 13.1 Å². The summed E-state index contributed by atoms with van der Waals surface area (Å²) in [6, 6.07) is -0.0297. The molecule has 0 aromatic carbocycles. The zero-order chi connectivity index (χ0) is 26.9. The molecule has 1 heterocycles. The molecular weight excluding hydrogens is 460 g/mol. The van der Waals surface area contributed by atoms with Crippen LogP contribution in [0.1, 0.15) is 80.6 Å². The average Bonchev–Trinajstić information content (AvgIpc) is 2.99.